The highest BCUT2D eigenvalue weighted by Crippen LogP contribution is 2.23. The summed E-state index contributed by atoms with van der Waals surface area (Å²) in [4.78, 5) is 0. The number of hydrogen-bond acceptors (Lipinski definition) is 14. The first-order valence-electron chi connectivity index (χ1n) is 18.6. The predicted octanol–water partition coefficient (Wildman–Crippen LogP) is 2.85. The Bertz CT molecular complexity index is 1270. The normalized spacial score (nSPS) is 17.1. The van der Waals surface area contributed by atoms with E-state index in [1.807, 2.05) is 48.5 Å². The van der Waals surface area contributed by atoms with Gasteiger partial charge in [-0.3, -0.25) is 0 Å². The number of aromatic hydroxyl groups is 2. The minimum absolute atomic E-state index is 0.000585. The van der Waals surface area contributed by atoms with E-state index in [1.165, 1.54) is 12.1 Å². The molecule has 0 bridgehead atoms. The summed E-state index contributed by atoms with van der Waals surface area (Å²) in [6.07, 6.45) is -2.23. The van der Waals surface area contributed by atoms with Crippen molar-refractivity contribution in [1.82, 2.24) is 10.6 Å². The van der Waals surface area contributed by atoms with Gasteiger partial charge in [0.15, 0.2) is 0 Å². The molecule has 0 aromatic heterocycles. The minimum Gasteiger partial charge on any atom is -0.508 e. The van der Waals surface area contributed by atoms with Crippen molar-refractivity contribution in [2.24, 2.45) is 0 Å². The van der Waals surface area contributed by atoms with Crippen molar-refractivity contribution in [3.8, 4) is 11.5 Å². The summed E-state index contributed by atoms with van der Waals surface area (Å²) in [6, 6.07) is 9.36. The molecule has 9 unspecified atom stereocenters. The fraction of sp³-hybridized carbons (Fsp3) is 0.692. The highest BCUT2D eigenvalue weighted by molar-refractivity contribution is 5.37. The molecule has 8 N–H and O–H groups in total. The van der Waals surface area contributed by atoms with E-state index in [1.54, 1.807) is 24.3 Å². The van der Waals surface area contributed by atoms with E-state index in [-0.39, 0.29) is 67.3 Å². The van der Waals surface area contributed by atoms with Crippen molar-refractivity contribution in [2.75, 3.05) is 59.3 Å². The first-order valence-corrected chi connectivity index (χ1v) is 18.6. The molecule has 9 atom stereocenters. The van der Waals surface area contributed by atoms with Crippen LogP contribution in [0.4, 0.5) is 0 Å². The predicted molar refractivity (Wildman–Crippen MR) is 201 cm³/mol. The van der Waals surface area contributed by atoms with Gasteiger partial charge in [0.1, 0.15) is 11.5 Å². The highest BCUT2D eigenvalue weighted by Gasteiger charge is 2.16. The fourth-order valence-corrected chi connectivity index (χ4v) is 5.02. The molecule has 53 heavy (non-hydrogen) atoms. The Morgan fingerprint density at radius 2 is 0.830 bits per heavy atom. The third kappa shape index (κ3) is 19.1. The summed E-state index contributed by atoms with van der Waals surface area (Å²) in [6.45, 7) is 16.6. The van der Waals surface area contributed by atoms with Gasteiger partial charge in [-0.15, -0.1) is 0 Å². The Balaban J connectivity index is 1.49. The number of phenols is 2. The third-order valence-electron chi connectivity index (χ3n) is 8.45. The Morgan fingerprint density at radius 3 is 1.21 bits per heavy atom. The zero-order chi connectivity index (χ0) is 39.3. The van der Waals surface area contributed by atoms with Gasteiger partial charge in [0.25, 0.3) is 0 Å². The summed E-state index contributed by atoms with van der Waals surface area (Å²) in [5.41, 5.74) is 1.97. The van der Waals surface area contributed by atoms with Gasteiger partial charge in [0, 0.05) is 36.3 Å². The smallest absolute Gasteiger partial charge is 0.121 e. The number of hydrogen-bond donors (Lipinski definition) is 8. The number of aliphatic hydroxyl groups is 4. The summed E-state index contributed by atoms with van der Waals surface area (Å²) in [5.74, 6) is 0.00145. The second kappa shape index (κ2) is 25.6. The van der Waals surface area contributed by atoms with E-state index in [4.69, 9.17) is 28.4 Å². The van der Waals surface area contributed by atoms with Crippen molar-refractivity contribution in [3.63, 3.8) is 0 Å². The molecule has 14 heteroatoms. The summed E-state index contributed by atoms with van der Waals surface area (Å²) in [5, 5.41) is 65.5. The second-order valence-electron chi connectivity index (χ2n) is 14.0. The Morgan fingerprint density at radius 1 is 0.491 bits per heavy atom. The van der Waals surface area contributed by atoms with Crippen LogP contribution in [-0.2, 0) is 41.6 Å². The standard InChI is InChI=1S/C39H66N2O12/c1-25(40-14-38(46)32-8-10-36(44)34(12-32)16-42)18-48-20-27(3)50-22-29(5)52-24-31(7)53-23-30(6)51-21-28(4)49-19-26(2)41-15-39(47)33-9-11-37(45)35(13-33)17-43/h8-13,25-31,38-47H,14-24H2,1-7H3. The van der Waals surface area contributed by atoms with Gasteiger partial charge < -0.3 is 69.7 Å². The molecule has 0 amide bonds. The summed E-state index contributed by atoms with van der Waals surface area (Å²) >= 11 is 0. The number of rotatable bonds is 29. The molecule has 0 heterocycles. The van der Waals surface area contributed by atoms with Gasteiger partial charge in [-0.05, 0) is 83.9 Å². The summed E-state index contributed by atoms with van der Waals surface area (Å²) in [7, 11) is 0. The van der Waals surface area contributed by atoms with Crippen molar-refractivity contribution in [2.45, 2.75) is 116 Å². The van der Waals surface area contributed by atoms with Crippen LogP contribution in [-0.4, -0.2) is 133 Å². The quantitative estimate of drug-likeness (QED) is 0.0603. The van der Waals surface area contributed by atoms with E-state index in [9.17, 15) is 30.6 Å². The van der Waals surface area contributed by atoms with Crippen LogP contribution >= 0.6 is 0 Å². The summed E-state index contributed by atoms with van der Waals surface area (Å²) < 4.78 is 35.3. The third-order valence-corrected chi connectivity index (χ3v) is 8.45. The maximum atomic E-state index is 10.5. The highest BCUT2D eigenvalue weighted by atomic mass is 16.6. The second-order valence-corrected chi connectivity index (χ2v) is 14.0. The topological polar surface area (TPSA) is 201 Å². The van der Waals surface area contributed by atoms with Gasteiger partial charge in [0.05, 0.1) is 102 Å². The lowest BCUT2D eigenvalue weighted by Crippen LogP contribution is -2.36. The minimum atomic E-state index is -0.787. The largest absolute Gasteiger partial charge is 0.508 e. The van der Waals surface area contributed by atoms with Gasteiger partial charge >= 0.3 is 0 Å². The van der Waals surface area contributed by atoms with Gasteiger partial charge in [-0.1, -0.05) is 12.1 Å². The average molecular weight is 755 g/mol. The maximum absolute atomic E-state index is 10.5. The molecular formula is C39H66N2O12. The lowest BCUT2D eigenvalue weighted by molar-refractivity contribution is -0.100. The van der Waals surface area contributed by atoms with Crippen LogP contribution < -0.4 is 10.6 Å². The fourth-order valence-electron chi connectivity index (χ4n) is 5.02. The van der Waals surface area contributed by atoms with Crippen LogP contribution in [0.2, 0.25) is 0 Å². The van der Waals surface area contributed by atoms with Crippen LogP contribution in [0.15, 0.2) is 36.4 Å². The SMILES string of the molecule is CC(COCC(C)OCC(C)OCC(C)OCC(C)OCC(C)OCC(C)NCC(O)c1ccc(O)c(CO)c1)NCC(O)c1ccc(O)c(CO)c1. The van der Waals surface area contributed by atoms with Crippen LogP contribution in [0.5, 0.6) is 11.5 Å². The molecule has 0 saturated carbocycles. The molecule has 0 saturated heterocycles. The Labute approximate surface area is 315 Å². The van der Waals surface area contributed by atoms with Crippen LogP contribution in [0.3, 0.4) is 0 Å². The molecule has 0 radical (unpaired) electrons. The molecule has 0 spiro atoms. The number of aliphatic hydroxyl groups excluding tert-OH is 4. The van der Waals surface area contributed by atoms with Gasteiger partial charge in [-0.2, -0.15) is 0 Å². The molecule has 0 aliphatic rings. The van der Waals surface area contributed by atoms with Crippen molar-refractivity contribution >= 4 is 0 Å². The van der Waals surface area contributed by atoms with Crippen LogP contribution in [0, 0.1) is 0 Å². The molecule has 2 aromatic carbocycles. The van der Waals surface area contributed by atoms with E-state index in [0.717, 1.165) is 0 Å². The molecule has 0 aliphatic carbocycles. The molecule has 2 rings (SSSR count). The number of ether oxygens (including phenoxy) is 6. The number of benzene rings is 2. The molecule has 304 valence electrons. The van der Waals surface area contributed by atoms with Crippen LogP contribution in [0.25, 0.3) is 0 Å². The lowest BCUT2D eigenvalue weighted by Gasteiger charge is -2.23. The number of nitrogens with one attached hydrogen (secondary N) is 2. The van der Waals surface area contributed by atoms with E-state index in [2.05, 4.69) is 10.6 Å². The zero-order valence-corrected chi connectivity index (χ0v) is 32.6. The Hall–Kier alpha value is -2.44. The van der Waals surface area contributed by atoms with Crippen molar-refractivity contribution in [1.29, 1.82) is 0 Å². The van der Waals surface area contributed by atoms with Gasteiger partial charge in [0.2, 0.25) is 0 Å². The Kier molecular flexibility index (Phi) is 22.6. The van der Waals surface area contributed by atoms with E-state index in [0.29, 0.717) is 81.6 Å². The molecular weight excluding hydrogens is 688 g/mol. The lowest BCUT2D eigenvalue weighted by atomic mass is 10.1. The van der Waals surface area contributed by atoms with Crippen molar-refractivity contribution in [3.05, 3.63) is 58.7 Å². The van der Waals surface area contributed by atoms with E-state index < -0.39 is 12.2 Å². The monoisotopic (exact) mass is 754 g/mol. The first-order chi connectivity index (χ1) is 25.2. The molecule has 14 nitrogen and oxygen atoms in total. The van der Waals surface area contributed by atoms with Crippen molar-refractivity contribution < 1.29 is 59.1 Å². The maximum Gasteiger partial charge on any atom is 0.121 e. The van der Waals surface area contributed by atoms with Gasteiger partial charge in [-0.25, -0.2) is 0 Å². The zero-order valence-electron chi connectivity index (χ0n) is 32.6. The van der Waals surface area contributed by atoms with Crippen LogP contribution in [0.1, 0.15) is 82.9 Å². The first kappa shape index (κ1) is 46.7. The average Bonchev–Trinajstić information content (AvgIpc) is 3.15. The van der Waals surface area contributed by atoms with E-state index >= 15 is 0 Å². The molecule has 0 aliphatic heterocycles. The molecule has 2 aromatic rings. The molecule has 0 fully saturated rings.